The Balaban J connectivity index is 1.13. The molecular weight excluding hydrogens is 633 g/mol. The van der Waals surface area contributed by atoms with E-state index in [4.69, 9.17) is 18.9 Å². The second-order valence-electron chi connectivity index (χ2n) is 10.2. The number of hydrogen-bond acceptors (Lipinski definition) is 10. The van der Waals surface area contributed by atoms with E-state index >= 15 is 0 Å². The van der Waals surface area contributed by atoms with Crippen LogP contribution in [0, 0.1) is 13.8 Å². The monoisotopic (exact) mass is 664 g/mol. The third kappa shape index (κ3) is 8.91. The van der Waals surface area contributed by atoms with Crippen LogP contribution in [-0.4, -0.2) is 55.1 Å². The summed E-state index contributed by atoms with van der Waals surface area (Å²) in [6.45, 7) is 4.37. The number of benzene rings is 4. The van der Waals surface area contributed by atoms with Crippen LogP contribution in [0.2, 0.25) is 0 Å². The molecule has 4 aromatic rings. The van der Waals surface area contributed by atoms with Crippen molar-refractivity contribution in [1.29, 1.82) is 0 Å². The molecule has 2 N–H and O–H groups in total. The molecule has 1 fully saturated rings. The van der Waals surface area contributed by atoms with E-state index < -0.39 is 32.6 Å². The van der Waals surface area contributed by atoms with E-state index in [0.29, 0.717) is 35.8 Å². The van der Waals surface area contributed by atoms with Gasteiger partial charge in [-0.2, -0.15) is 27.0 Å². The maximum atomic E-state index is 12.4. The van der Waals surface area contributed by atoms with Gasteiger partial charge in [-0.3, -0.25) is 0 Å². The molecule has 1 heterocycles. The van der Waals surface area contributed by atoms with Crippen LogP contribution in [0.25, 0.3) is 0 Å². The van der Waals surface area contributed by atoms with Crippen LogP contribution in [0.3, 0.4) is 0 Å². The topological polar surface area (TPSA) is 154 Å². The van der Waals surface area contributed by atoms with Crippen LogP contribution >= 0.6 is 0 Å². The maximum Gasteiger partial charge on any atom is 0.276 e. The van der Waals surface area contributed by atoms with E-state index in [1.807, 2.05) is 13.8 Å². The highest BCUT2D eigenvalue weighted by atomic mass is 32.2. The minimum Gasteiger partial charge on any atom is -0.458 e. The lowest BCUT2D eigenvalue weighted by atomic mass is 10.2. The molecule has 0 aromatic heterocycles. The summed E-state index contributed by atoms with van der Waals surface area (Å²) in [6.07, 6.45) is 1.03. The SMILES string of the molecule is Cc1ccc(S(=O)(=O)N/N=C/c2ccc(OC3OCCOC3Oc3ccc(/C=N/NS(=O)(=O)c4ccc(C)cc4)cc3)cc2)cc1. The first-order valence-electron chi connectivity index (χ1n) is 14.1. The Kier molecular flexibility index (Phi) is 10.3. The quantitative estimate of drug-likeness (QED) is 0.170. The van der Waals surface area contributed by atoms with E-state index in [2.05, 4.69) is 19.9 Å². The van der Waals surface area contributed by atoms with Crippen molar-refractivity contribution < 1.29 is 35.8 Å². The van der Waals surface area contributed by atoms with Gasteiger partial charge in [0.2, 0.25) is 0 Å². The van der Waals surface area contributed by atoms with Gasteiger partial charge in [-0.05, 0) is 97.8 Å². The maximum absolute atomic E-state index is 12.4. The molecule has 0 bridgehead atoms. The van der Waals surface area contributed by atoms with Crippen molar-refractivity contribution in [3.05, 3.63) is 119 Å². The largest absolute Gasteiger partial charge is 0.458 e. The molecule has 0 amide bonds. The van der Waals surface area contributed by atoms with E-state index in [-0.39, 0.29) is 9.79 Å². The van der Waals surface area contributed by atoms with E-state index in [0.717, 1.165) is 11.1 Å². The smallest absolute Gasteiger partial charge is 0.276 e. The molecule has 14 heteroatoms. The summed E-state index contributed by atoms with van der Waals surface area (Å²) < 4.78 is 73.0. The van der Waals surface area contributed by atoms with Crippen LogP contribution in [0.5, 0.6) is 11.5 Å². The average molecular weight is 665 g/mol. The lowest BCUT2D eigenvalue weighted by Gasteiger charge is -2.31. The molecule has 0 saturated carbocycles. The number of hydrazone groups is 2. The molecule has 1 saturated heterocycles. The third-order valence-corrected chi connectivity index (χ3v) is 9.05. The first-order chi connectivity index (χ1) is 22.1. The third-order valence-electron chi connectivity index (χ3n) is 6.57. The fraction of sp³-hybridized carbons (Fsp3) is 0.188. The number of nitrogens with zero attached hydrogens (tertiary/aromatic N) is 2. The number of aryl methyl sites for hydroxylation is 2. The van der Waals surface area contributed by atoms with Crippen LogP contribution in [-0.2, 0) is 29.5 Å². The van der Waals surface area contributed by atoms with Crippen LogP contribution in [0.15, 0.2) is 117 Å². The lowest BCUT2D eigenvalue weighted by Crippen LogP contribution is -2.45. The van der Waals surface area contributed by atoms with Crippen molar-refractivity contribution in [3.8, 4) is 11.5 Å². The molecule has 1 aliphatic rings. The van der Waals surface area contributed by atoms with Gasteiger partial charge < -0.3 is 18.9 Å². The molecule has 2 unspecified atom stereocenters. The molecule has 0 spiro atoms. The zero-order chi connectivity index (χ0) is 32.6. The predicted molar refractivity (Wildman–Crippen MR) is 172 cm³/mol. The first kappa shape index (κ1) is 32.6. The molecule has 0 aliphatic carbocycles. The molecule has 0 radical (unpaired) electrons. The summed E-state index contributed by atoms with van der Waals surface area (Å²) in [7, 11) is -7.56. The van der Waals surface area contributed by atoms with Crippen molar-refractivity contribution in [2.45, 2.75) is 36.2 Å². The Bertz CT molecular complexity index is 1740. The molecule has 4 aromatic carbocycles. The Morgan fingerprint density at radius 2 is 0.935 bits per heavy atom. The van der Waals surface area contributed by atoms with Crippen molar-refractivity contribution >= 4 is 32.5 Å². The number of hydrogen-bond donors (Lipinski definition) is 2. The second-order valence-corrected chi connectivity index (χ2v) is 13.5. The summed E-state index contributed by atoms with van der Waals surface area (Å²) in [5.41, 5.74) is 3.18. The average Bonchev–Trinajstić information content (AvgIpc) is 3.04. The second kappa shape index (κ2) is 14.6. The number of rotatable bonds is 12. The normalized spacial score (nSPS) is 17.2. The number of sulfonamides is 2. The number of ether oxygens (including phenoxy) is 4. The van der Waals surface area contributed by atoms with Crippen molar-refractivity contribution in [2.75, 3.05) is 13.2 Å². The molecule has 5 rings (SSSR count). The molecule has 240 valence electrons. The fourth-order valence-corrected chi connectivity index (χ4v) is 5.66. The predicted octanol–water partition coefficient (Wildman–Crippen LogP) is 4.09. The zero-order valence-electron chi connectivity index (χ0n) is 24.9. The minimum atomic E-state index is -3.78. The van der Waals surface area contributed by atoms with Gasteiger partial charge in [0.25, 0.3) is 32.6 Å². The fourth-order valence-electron chi connectivity index (χ4n) is 4.08. The highest BCUT2D eigenvalue weighted by Crippen LogP contribution is 2.22. The Labute approximate surface area is 267 Å². The van der Waals surface area contributed by atoms with Gasteiger partial charge >= 0.3 is 0 Å². The molecule has 2 atom stereocenters. The molecule has 46 heavy (non-hydrogen) atoms. The van der Waals surface area contributed by atoms with Crippen molar-refractivity contribution in [1.82, 2.24) is 9.66 Å². The lowest BCUT2D eigenvalue weighted by molar-refractivity contribution is -0.271. The van der Waals surface area contributed by atoms with Crippen LogP contribution in [0.1, 0.15) is 22.3 Å². The van der Waals surface area contributed by atoms with Gasteiger partial charge in [0, 0.05) is 0 Å². The van der Waals surface area contributed by atoms with E-state index in [9.17, 15) is 16.8 Å². The summed E-state index contributed by atoms with van der Waals surface area (Å²) in [6, 6.07) is 26.5. The molecule has 12 nitrogen and oxygen atoms in total. The summed E-state index contributed by atoms with van der Waals surface area (Å²) in [5, 5.41) is 7.72. The Morgan fingerprint density at radius 3 is 1.28 bits per heavy atom. The Morgan fingerprint density at radius 1 is 0.587 bits per heavy atom. The van der Waals surface area contributed by atoms with Gasteiger partial charge in [0.15, 0.2) is 0 Å². The van der Waals surface area contributed by atoms with Crippen LogP contribution < -0.4 is 19.1 Å². The standard InChI is InChI=1S/C32H32N4O8S2/c1-23-3-15-29(16-4-23)45(37,38)35-33-21-25-7-11-27(12-8-25)43-31-32(42-20-19-41-31)44-28-13-9-26(10-14-28)22-34-36-46(39,40)30-17-5-24(2)6-18-30/h3-18,21-22,31-32,35-36H,19-20H2,1-2H3/b33-21+,34-22+. The van der Waals surface area contributed by atoms with Gasteiger partial charge in [-0.1, -0.05) is 35.4 Å². The van der Waals surface area contributed by atoms with Gasteiger partial charge in [0.05, 0.1) is 35.4 Å². The van der Waals surface area contributed by atoms with Gasteiger partial charge in [-0.15, -0.1) is 0 Å². The van der Waals surface area contributed by atoms with Gasteiger partial charge in [-0.25, -0.2) is 9.66 Å². The van der Waals surface area contributed by atoms with Crippen LogP contribution in [0.4, 0.5) is 0 Å². The summed E-state index contributed by atoms with van der Waals surface area (Å²) in [5.74, 6) is 0.947. The number of nitrogens with one attached hydrogen (secondary N) is 2. The summed E-state index contributed by atoms with van der Waals surface area (Å²) in [4.78, 5) is 4.64. The zero-order valence-corrected chi connectivity index (χ0v) is 26.6. The van der Waals surface area contributed by atoms with E-state index in [1.165, 1.54) is 36.7 Å². The first-order valence-corrected chi connectivity index (χ1v) is 17.0. The van der Waals surface area contributed by atoms with E-state index in [1.54, 1.807) is 72.8 Å². The van der Waals surface area contributed by atoms with Gasteiger partial charge in [0.1, 0.15) is 11.5 Å². The molecule has 1 aliphatic heterocycles. The molecular formula is C32H32N4O8S2. The highest BCUT2D eigenvalue weighted by molar-refractivity contribution is 7.89. The summed E-state index contributed by atoms with van der Waals surface area (Å²) >= 11 is 0. The van der Waals surface area contributed by atoms with Crippen molar-refractivity contribution in [2.24, 2.45) is 10.2 Å². The highest BCUT2D eigenvalue weighted by Gasteiger charge is 2.31. The minimum absolute atomic E-state index is 0.120. The van der Waals surface area contributed by atoms with Crippen molar-refractivity contribution in [3.63, 3.8) is 0 Å². The Hall–Kier alpha value is -4.76.